The van der Waals surface area contributed by atoms with E-state index in [9.17, 15) is 39.6 Å². The maximum Gasteiger partial charge on any atom is 0.338 e. The van der Waals surface area contributed by atoms with Gasteiger partial charge in [-0.3, -0.25) is 0 Å². The molecule has 4 unspecified atom stereocenters. The summed E-state index contributed by atoms with van der Waals surface area (Å²) in [6.07, 6.45) is -6.68. The molecule has 0 aliphatic rings. The van der Waals surface area contributed by atoms with Crippen molar-refractivity contribution in [3.63, 3.8) is 0 Å². The molecule has 0 aliphatic carbocycles. The van der Waals surface area contributed by atoms with Gasteiger partial charge in [-0.1, -0.05) is 13.2 Å². The number of carbonyl (C=O) groups is 4. The fraction of sp³-hybridized carbons (Fsp3) is 0.529. The number of ether oxygens (including phenoxy) is 4. The minimum absolute atomic E-state index is 0.0928. The van der Waals surface area contributed by atoms with Crippen molar-refractivity contribution in [3.8, 4) is 0 Å². The first-order valence-electron chi connectivity index (χ1n) is 8.16. The zero-order chi connectivity index (χ0) is 22.6. The van der Waals surface area contributed by atoms with Gasteiger partial charge in [-0.25, -0.2) is 19.2 Å². The van der Waals surface area contributed by atoms with Crippen LogP contribution in [0.5, 0.6) is 0 Å². The van der Waals surface area contributed by atoms with E-state index < -0.39 is 74.7 Å². The van der Waals surface area contributed by atoms with Crippen molar-refractivity contribution in [2.24, 2.45) is 0 Å². The summed E-state index contributed by atoms with van der Waals surface area (Å²) in [5.74, 6) is -4.50. The van der Waals surface area contributed by atoms with E-state index in [-0.39, 0.29) is 5.57 Å². The van der Waals surface area contributed by atoms with Crippen LogP contribution >= 0.6 is 0 Å². The summed E-state index contributed by atoms with van der Waals surface area (Å²) in [5, 5.41) is 38.1. The molecule has 12 nitrogen and oxygen atoms in total. The molecule has 0 bridgehead atoms. The zero-order valence-electron chi connectivity index (χ0n) is 15.7. The summed E-state index contributed by atoms with van der Waals surface area (Å²) < 4.78 is 18.1. The van der Waals surface area contributed by atoms with Crippen molar-refractivity contribution in [1.29, 1.82) is 0 Å². The molecule has 29 heavy (non-hydrogen) atoms. The molecule has 0 aromatic rings. The topological polar surface area (TPSA) is 186 Å². The van der Waals surface area contributed by atoms with E-state index in [1.54, 1.807) is 0 Å². The molecule has 0 heterocycles. The molecule has 0 fully saturated rings. The average Bonchev–Trinajstić information content (AvgIpc) is 2.70. The van der Waals surface area contributed by atoms with Crippen molar-refractivity contribution in [1.82, 2.24) is 0 Å². The van der Waals surface area contributed by atoms with E-state index >= 15 is 0 Å². The highest BCUT2D eigenvalue weighted by Crippen LogP contribution is 2.03. The smallest absolute Gasteiger partial charge is 0.338 e. The molecule has 4 atom stereocenters. The van der Waals surface area contributed by atoms with Crippen molar-refractivity contribution in [2.45, 2.75) is 31.3 Å². The third-order valence-corrected chi connectivity index (χ3v) is 2.96. The lowest BCUT2D eigenvalue weighted by molar-refractivity contribution is -0.177. The van der Waals surface area contributed by atoms with Gasteiger partial charge in [0, 0.05) is 11.6 Å². The summed E-state index contributed by atoms with van der Waals surface area (Å²) in [6.45, 7) is 5.41. The van der Waals surface area contributed by atoms with Gasteiger partial charge in [-0.2, -0.15) is 0 Å². The van der Waals surface area contributed by atoms with Gasteiger partial charge in [-0.15, -0.1) is 0 Å². The quantitative estimate of drug-likeness (QED) is 0.138. The summed E-state index contributed by atoms with van der Waals surface area (Å²) in [4.78, 5) is 45.1. The van der Waals surface area contributed by atoms with E-state index in [1.807, 2.05) is 0 Å². The van der Waals surface area contributed by atoms with Crippen LogP contribution in [0.4, 0.5) is 0 Å². The fourth-order valence-electron chi connectivity index (χ4n) is 1.41. The Balaban J connectivity index is 4.29. The predicted molar refractivity (Wildman–Crippen MR) is 92.9 cm³/mol. The predicted octanol–water partition coefficient (Wildman–Crippen LogP) is -2.64. The number of carbonyl (C=O) groups excluding carboxylic acids is 4. The highest BCUT2D eigenvalue weighted by Gasteiger charge is 2.33. The van der Waals surface area contributed by atoms with Crippen molar-refractivity contribution < 1.29 is 58.6 Å². The first-order chi connectivity index (χ1) is 13.5. The molecule has 0 radical (unpaired) electrons. The molecule has 164 valence electrons. The first kappa shape index (κ1) is 26.2. The maximum absolute atomic E-state index is 11.6. The number of aliphatic hydroxyl groups excluding tert-OH is 4. The second-order valence-electron chi connectivity index (χ2n) is 5.67. The molecule has 0 saturated carbocycles. The second kappa shape index (κ2) is 13.4. The van der Waals surface area contributed by atoms with Crippen LogP contribution in [0, 0.1) is 0 Å². The van der Waals surface area contributed by atoms with Crippen molar-refractivity contribution in [3.05, 3.63) is 24.8 Å². The van der Waals surface area contributed by atoms with E-state index in [2.05, 4.69) is 32.1 Å². The molecule has 0 aliphatic heterocycles. The van der Waals surface area contributed by atoms with Crippen LogP contribution in [0.25, 0.3) is 0 Å². The Kier molecular flexibility index (Phi) is 12.1. The van der Waals surface area contributed by atoms with Crippen LogP contribution in [-0.4, -0.2) is 95.1 Å². The third kappa shape index (κ3) is 10.9. The normalized spacial score (nSPS) is 14.5. The number of hydrogen-bond acceptors (Lipinski definition) is 12. The minimum atomic E-state index is -2.34. The van der Waals surface area contributed by atoms with E-state index in [4.69, 9.17) is 0 Å². The van der Waals surface area contributed by atoms with Gasteiger partial charge in [0.2, 0.25) is 0 Å². The highest BCUT2D eigenvalue weighted by molar-refractivity contribution is 5.87. The molecule has 4 N–H and O–H groups in total. The minimum Gasteiger partial charge on any atom is -0.461 e. The van der Waals surface area contributed by atoms with Crippen LogP contribution in [0.1, 0.15) is 6.92 Å². The van der Waals surface area contributed by atoms with Crippen molar-refractivity contribution >= 4 is 23.9 Å². The molecule has 0 spiro atoms. The van der Waals surface area contributed by atoms with Gasteiger partial charge in [0.15, 0.2) is 12.2 Å². The third-order valence-electron chi connectivity index (χ3n) is 2.96. The van der Waals surface area contributed by atoms with Gasteiger partial charge >= 0.3 is 23.9 Å². The van der Waals surface area contributed by atoms with Gasteiger partial charge in [0.05, 0.1) is 0 Å². The van der Waals surface area contributed by atoms with Gasteiger partial charge < -0.3 is 39.4 Å². The maximum atomic E-state index is 11.6. The number of rotatable bonds is 13. The Morgan fingerprint density at radius 2 is 1.17 bits per heavy atom. The van der Waals surface area contributed by atoms with E-state index in [0.717, 1.165) is 6.08 Å². The second-order valence-corrected chi connectivity index (χ2v) is 5.67. The van der Waals surface area contributed by atoms with Crippen LogP contribution in [0.15, 0.2) is 24.8 Å². The number of aliphatic hydroxyl groups is 4. The van der Waals surface area contributed by atoms with Gasteiger partial charge in [-0.05, 0) is 6.92 Å². The Bertz CT molecular complexity index is 614. The summed E-state index contributed by atoms with van der Waals surface area (Å²) >= 11 is 0. The lowest BCUT2D eigenvalue weighted by atomic mass is 10.2. The lowest BCUT2D eigenvalue weighted by Gasteiger charge is -2.18. The largest absolute Gasteiger partial charge is 0.461 e. The van der Waals surface area contributed by atoms with Gasteiger partial charge in [0.25, 0.3) is 0 Å². The van der Waals surface area contributed by atoms with Crippen LogP contribution in [-0.2, 0) is 38.1 Å². The van der Waals surface area contributed by atoms with E-state index in [1.165, 1.54) is 6.92 Å². The summed E-state index contributed by atoms with van der Waals surface area (Å²) in [6, 6.07) is 0. The zero-order valence-corrected chi connectivity index (χ0v) is 15.7. The monoisotopic (exact) mass is 420 g/mol. The molecule has 0 amide bonds. The Labute approximate surface area is 165 Å². The number of esters is 4. The molecular weight excluding hydrogens is 396 g/mol. The van der Waals surface area contributed by atoms with Crippen LogP contribution in [0.2, 0.25) is 0 Å². The standard InChI is InChI=1S/C17H24O12/c1-4-12(20)26-5-10(18)7-28-16(24)13(21)14(22)17(25)29-8-11(19)6-27-15(23)9(2)3/h4,10-11,13-14,18-19,21-22H,1-2,5-8H2,3H3. The fourth-order valence-corrected chi connectivity index (χ4v) is 1.41. The SMILES string of the molecule is C=CC(=O)OCC(O)COC(=O)C(O)C(O)C(=O)OCC(O)COC(=O)C(=C)C. The first-order valence-corrected chi connectivity index (χ1v) is 8.16. The Morgan fingerprint density at radius 3 is 1.55 bits per heavy atom. The summed E-state index contributed by atoms with van der Waals surface area (Å²) in [5.41, 5.74) is 0.0928. The van der Waals surface area contributed by atoms with Crippen molar-refractivity contribution in [2.75, 3.05) is 26.4 Å². The average molecular weight is 420 g/mol. The Hall–Kier alpha value is -2.80. The molecule has 0 saturated heterocycles. The molecule has 0 aromatic heterocycles. The summed E-state index contributed by atoms with van der Waals surface area (Å²) in [7, 11) is 0. The van der Waals surface area contributed by atoms with Crippen LogP contribution in [0.3, 0.4) is 0 Å². The lowest BCUT2D eigenvalue weighted by Crippen LogP contribution is -2.43. The molecular formula is C17H24O12. The Morgan fingerprint density at radius 1 is 0.793 bits per heavy atom. The number of hydrogen-bond donors (Lipinski definition) is 4. The highest BCUT2D eigenvalue weighted by atomic mass is 16.6. The van der Waals surface area contributed by atoms with Crippen LogP contribution < -0.4 is 0 Å². The van der Waals surface area contributed by atoms with E-state index in [0.29, 0.717) is 0 Å². The molecule has 0 rings (SSSR count). The van der Waals surface area contributed by atoms with Gasteiger partial charge in [0.1, 0.15) is 38.6 Å². The molecule has 0 aromatic carbocycles. The molecule has 12 heteroatoms.